The third-order valence-corrected chi connectivity index (χ3v) is 5.45. The number of ether oxygens (including phenoxy) is 1. The second-order valence-corrected chi connectivity index (χ2v) is 7.99. The molecule has 1 unspecified atom stereocenters. The molecule has 2 aromatic carbocycles. The van der Waals surface area contributed by atoms with Gasteiger partial charge in [0.15, 0.2) is 5.84 Å². The summed E-state index contributed by atoms with van der Waals surface area (Å²) in [5.41, 5.74) is 9.66. The fourth-order valence-electron chi connectivity index (χ4n) is 3.12. The van der Waals surface area contributed by atoms with Crippen molar-refractivity contribution in [3.05, 3.63) is 53.6 Å². The number of carbonyl (C=O) groups excluding carboxylic acids is 1. The fraction of sp³-hybridized carbons (Fsp3) is 0.222. The molecule has 0 radical (unpaired) electrons. The van der Waals surface area contributed by atoms with Crippen molar-refractivity contribution in [1.29, 1.82) is 0 Å². The summed E-state index contributed by atoms with van der Waals surface area (Å²) in [5.74, 6) is 4.83. The molecule has 1 saturated heterocycles. The number of rotatable bonds is 6. The van der Waals surface area contributed by atoms with Crippen molar-refractivity contribution in [3.63, 3.8) is 0 Å². The van der Waals surface area contributed by atoms with E-state index in [9.17, 15) is 13.2 Å². The molecule has 1 aliphatic rings. The van der Waals surface area contributed by atoms with Crippen molar-refractivity contribution in [2.75, 3.05) is 13.2 Å². The largest absolute Gasteiger partial charge is 0.382 e. The van der Waals surface area contributed by atoms with Gasteiger partial charge in [-0.25, -0.2) is 24.9 Å². The number of amidine groups is 1. The molecule has 0 saturated carbocycles. The van der Waals surface area contributed by atoms with Crippen molar-refractivity contribution in [3.8, 4) is 11.1 Å². The van der Waals surface area contributed by atoms with Crippen LogP contribution < -0.4 is 27.6 Å². The van der Waals surface area contributed by atoms with Gasteiger partial charge in [-0.1, -0.05) is 24.3 Å². The van der Waals surface area contributed by atoms with Crippen LogP contribution >= 0.6 is 0 Å². The Bertz CT molecular complexity index is 1030. The van der Waals surface area contributed by atoms with Crippen LogP contribution in [0.1, 0.15) is 22.3 Å². The molecule has 29 heavy (non-hydrogen) atoms. The maximum atomic E-state index is 12.4. The zero-order valence-corrected chi connectivity index (χ0v) is 16.3. The first-order valence-corrected chi connectivity index (χ1v) is 10.3. The lowest BCUT2D eigenvalue weighted by atomic mass is 9.98. The van der Waals surface area contributed by atoms with Crippen LogP contribution in [0.3, 0.4) is 0 Å². The fourth-order valence-corrected chi connectivity index (χ4v) is 3.88. The number of hydrogen-bond acceptors (Lipinski definition) is 7. The maximum Gasteiger partial charge on any atom is 0.251 e. The average molecular weight is 418 g/mol. The van der Waals surface area contributed by atoms with E-state index in [2.05, 4.69) is 10.4 Å². The summed E-state index contributed by atoms with van der Waals surface area (Å²) in [4.78, 5) is 12.2. The summed E-state index contributed by atoms with van der Waals surface area (Å²) in [5, 5.41) is 11.9. The van der Waals surface area contributed by atoms with Gasteiger partial charge in [-0.05, 0) is 35.7 Å². The number of benzene rings is 2. The SMILES string of the molecule is NN/N=C(\N)c1c(-c2ccc(C(=O)NC3CCOC3)cc2)cccc1S(N)(=O)=O. The lowest BCUT2D eigenvalue weighted by Crippen LogP contribution is -2.34. The lowest BCUT2D eigenvalue weighted by molar-refractivity contribution is 0.0930. The molecule has 1 fully saturated rings. The van der Waals surface area contributed by atoms with E-state index in [0.717, 1.165) is 6.42 Å². The molecule has 11 heteroatoms. The molecule has 8 N–H and O–H groups in total. The standard InChI is InChI=1S/C18H22N6O4S/c19-17(23-24-20)16-14(2-1-3-15(16)29(21,26)27)11-4-6-12(7-5-11)18(25)22-13-8-9-28-10-13/h1-7,13,24H,8-10,20H2,(H2,19,23)(H,22,25)(H2,21,26,27). The van der Waals surface area contributed by atoms with E-state index in [-0.39, 0.29) is 28.2 Å². The molecule has 0 aliphatic carbocycles. The summed E-state index contributed by atoms with van der Waals surface area (Å²) in [6.45, 7) is 1.13. The second-order valence-electron chi connectivity index (χ2n) is 6.46. The highest BCUT2D eigenvalue weighted by Gasteiger charge is 2.22. The average Bonchev–Trinajstić information content (AvgIpc) is 3.20. The van der Waals surface area contributed by atoms with Gasteiger partial charge in [-0.2, -0.15) is 0 Å². The molecule has 3 rings (SSSR count). The minimum Gasteiger partial charge on any atom is -0.382 e. The van der Waals surface area contributed by atoms with Crippen LogP contribution in [0.5, 0.6) is 0 Å². The molecular formula is C18H22N6O4S. The Labute approximate surface area is 168 Å². The smallest absolute Gasteiger partial charge is 0.251 e. The molecule has 154 valence electrons. The van der Waals surface area contributed by atoms with Crippen molar-refractivity contribution in [1.82, 2.24) is 10.9 Å². The Morgan fingerprint density at radius 3 is 2.48 bits per heavy atom. The van der Waals surface area contributed by atoms with E-state index in [1.165, 1.54) is 6.07 Å². The van der Waals surface area contributed by atoms with E-state index in [4.69, 9.17) is 21.5 Å². The number of nitrogens with one attached hydrogen (secondary N) is 2. The van der Waals surface area contributed by atoms with E-state index in [0.29, 0.717) is 29.9 Å². The Kier molecular flexibility index (Phi) is 6.13. The Hall–Kier alpha value is -2.99. The maximum absolute atomic E-state index is 12.4. The second kappa shape index (κ2) is 8.57. The van der Waals surface area contributed by atoms with Crippen LogP contribution in [-0.2, 0) is 14.8 Å². The Balaban J connectivity index is 1.98. The van der Waals surface area contributed by atoms with Gasteiger partial charge in [0.25, 0.3) is 5.91 Å². The predicted molar refractivity (Wildman–Crippen MR) is 108 cm³/mol. The number of nitrogens with zero attached hydrogens (tertiary/aromatic N) is 1. The zero-order chi connectivity index (χ0) is 21.0. The first-order valence-electron chi connectivity index (χ1n) is 8.75. The van der Waals surface area contributed by atoms with E-state index in [1.807, 2.05) is 5.53 Å². The number of carbonyl (C=O) groups is 1. The summed E-state index contributed by atoms with van der Waals surface area (Å²) < 4.78 is 29.3. The summed E-state index contributed by atoms with van der Waals surface area (Å²) in [6, 6.07) is 11.2. The van der Waals surface area contributed by atoms with Crippen molar-refractivity contribution >= 4 is 21.8 Å². The monoisotopic (exact) mass is 418 g/mol. The summed E-state index contributed by atoms with van der Waals surface area (Å²) in [7, 11) is -4.07. The normalized spacial score (nSPS) is 17.2. The van der Waals surface area contributed by atoms with E-state index >= 15 is 0 Å². The van der Waals surface area contributed by atoms with Crippen LogP contribution in [0.4, 0.5) is 0 Å². The third-order valence-electron chi connectivity index (χ3n) is 4.50. The Morgan fingerprint density at radius 2 is 1.90 bits per heavy atom. The number of sulfonamides is 1. The first kappa shape index (κ1) is 20.7. The molecule has 1 heterocycles. The van der Waals surface area contributed by atoms with Crippen LogP contribution in [0.2, 0.25) is 0 Å². The quantitative estimate of drug-likeness (QED) is 0.183. The predicted octanol–water partition coefficient (Wildman–Crippen LogP) is -0.397. The summed E-state index contributed by atoms with van der Waals surface area (Å²) >= 11 is 0. The highest BCUT2D eigenvalue weighted by Crippen LogP contribution is 2.28. The molecule has 1 atom stereocenters. The molecule has 0 bridgehead atoms. The van der Waals surface area contributed by atoms with Crippen LogP contribution in [-0.4, -0.2) is 39.4 Å². The number of hydrazine groups is 1. The minimum atomic E-state index is -4.07. The molecule has 2 aromatic rings. The third kappa shape index (κ3) is 4.71. The van der Waals surface area contributed by atoms with Gasteiger partial charge in [0.05, 0.1) is 17.5 Å². The van der Waals surface area contributed by atoms with Gasteiger partial charge in [-0.3, -0.25) is 4.79 Å². The molecule has 10 nitrogen and oxygen atoms in total. The van der Waals surface area contributed by atoms with Crippen molar-refractivity contribution < 1.29 is 17.9 Å². The van der Waals surface area contributed by atoms with Gasteiger partial charge in [0.1, 0.15) is 0 Å². The van der Waals surface area contributed by atoms with Crippen LogP contribution in [0.25, 0.3) is 11.1 Å². The Morgan fingerprint density at radius 1 is 1.17 bits per heavy atom. The topological polar surface area (TPSA) is 175 Å². The van der Waals surface area contributed by atoms with Crippen LogP contribution in [0.15, 0.2) is 52.5 Å². The zero-order valence-electron chi connectivity index (χ0n) is 15.5. The highest BCUT2D eigenvalue weighted by molar-refractivity contribution is 7.89. The minimum absolute atomic E-state index is 0.00000535. The molecule has 0 spiro atoms. The molecular weight excluding hydrogens is 396 g/mol. The number of hydrogen-bond donors (Lipinski definition) is 5. The van der Waals surface area contributed by atoms with Gasteiger partial charge >= 0.3 is 0 Å². The number of amides is 1. The van der Waals surface area contributed by atoms with E-state index < -0.39 is 10.0 Å². The van der Waals surface area contributed by atoms with Gasteiger partial charge in [0, 0.05) is 17.7 Å². The van der Waals surface area contributed by atoms with Crippen molar-refractivity contribution in [2.45, 2.75) is 17.4 Å². The van der Waals surface area contributed by atoms with Gasteiger partial charge in [-0.15, -0.1) is 5.10 Å². The number of hydrazone groups is 1. The van der Waals surface area contributed by atoms with E-state index in [1.54, 1.807) is 36.4 Å². The summed E-state index contributed by atoms with van der Waals surface area (Å²) in [6.07, 6.45) is 0.779. The number of nitrogens with two attached hydrogens (primary N) is 3. The molecule has 1 aliphatic heterocycles. The van der Waals surface area contributed by atoms with Crippen LogP contribution in [0, 0.1) is 0 Å². The number of primary sulfonamides is 1. The first-order chi connectivity index (χ1) is 13.8. The van der Waals surface area contributed by atoms with Gasteiger partial charge < -0.3 is 15.8 Å². The lowest BCUT2D eigenvalue weighted by Gasteiger charge is -2.14. The highest BCUT2D eigenvalue weighted by atomic mass is 32.2. The molecule has 1 amide bonds. The molecule has 0 aromatic heterocycles. The van der Waals surface area contributed by atoms with Gasteiger partial charge in [0.2, 0.25) is 10.0 Å². The van der Waals surface area contributed by atoms with Crippen molar-refractivity contribution in [2.24, 2.45) is 21.8 Å².